The maximum atomic E-state index is 12.5. The van der Waals surface area contributed by atoms with Gasteiger partial charge in [0.1, 0.15) is 0 Å². The number of benzene rings is 3. The van der Waals surface area contributed by atoms with Gasteiger partial charge in [-0.05, 0) is 40.7 Å². The Morgan fingerprint density at radius 1 is 0.826 bits per heavy atom. The number of hydrogen-bond donors (Lipinski definition) is 3. The summed E-state index contributed by atoms with van der Waals surface area (Å²) in [6.07, 6.45) is 3.78. The minimum atomic E-state index is -0.773. The quantitative estimate of drug-likeness (QED) is 0.181. The molecule has 3 unspecified atom stereocenters. The van der Waals surface area contributed by atoms with Crippen molar-refractivity contribution in [1.29, 1.82) is 0 Å². The Kier molecular flexibility index (Phi) is 12.7. The molecule has 0 spiro atoms. The van der Waals surface area contributed by atoms with Crippen molar-refractivity contribution in [2.45, 2.75) is 76.6 Å². The molecule has 3 atom stereocenters. The molecule has 2 aliphatic heterocycles. The van der Waals surface area contributed by atoms with Gasteiger partial charge in [0.15, 0.2) is 6.29 Å². The van der Waals surface area contributed by atoms with E-state index in [0.717, 1.165) is 91.9 Å². The number of aliphatic hydroxyl groups is 1. The van der Waals surface area contributed by atoms with Crippen molar-refractivity contribution >= 4 is 11.9 Å². The number of carbonyl (C=O) groups excluding carboxylic acids is 1. The molecular weight excluding hydrogens is 584 g/mol. The largest absolute Gasteiger partial charge is 0.481 e. The fraction of sp³-hybridized carbons (Fsp3) is 0.459. The minimum absolute atomic E-state index is 0.00201. The lowest BCUT2D eigenvalue weighted by atomic mass is 9.97. The zero-order valence-electron chi connectivity index (χ0n) is 26.4. The smallest absolute Gasteiger partial charge is 0.303 e. The molecule has 2 fully saturated rings. The van der Waals surface area contributed by atoms with Gasteiger partial charge in [-0.25, -0.2) is 0 Å². The van der Waals surface area contributed by atoms with E-state index in [4.69, 9.17) is 19.3 Å². The van der Waals surface area contributed by atoms with E-state index in [1.54, 1.807) is 0 Å². The molecule has 0 radical (unpaired) electrons. The lowest BCUT2D eigenvalue weighted by Gasteiger charge is -2.39. The summed E-state index contributed by atoms with van der Waals surface area (Å²) < 4.78 is 18.6. The van der Waals surface area contributed by atoms with Crippen LogP contribution in [0.2, 0.25) is 0 Å². The highest BCUT2D eigenvalue weighted by Crippen LogP contribution is 2.39. The number of carboxylic acids is 1. The van der Waals surface area contributed by atoms with Crippen molar-refractivity contribution in [2.24, 2.45) is 0 Å². The third-order valence-electron chi connectivity index (χ3n) is 8.71. The second-order valence-electron chi connectivity index (χ2n) is 12.1. The van der Waals surface area contributed by atoms with Gasteiger partial charge in [-0.1, -0.05) is 85.6 Å². The fourth-order valence-corrected chi connectivity index (χ4v) is 6.08. The first-order valence-electron chi connectivity index (χ1n) is 16.5. The monoisotopic (exact) mass is 630 g/mol. The maximum Gasteiger partial charge on any atom is 0.303 e. The number of aliphatic carboxylic acids is 1. The van der Waals surface area contributed by atoms with Gasteiger partial charge < -0.3 is 29.7 Å². The van der Waals surface area contributed by atoms with Crippen LogP contribution in [0, 0.1) is 0 Å². The van der Waals surface area contributed by atoms with E-state index in [1.165, 1.54) is 0 Å². The molecule has 2 heterocycles. The molecule has 5 rings (SSSR count). The minimum Gasteiger partial charge on any atom is -0.481 e. The number of ether oxygens (including phenoxy) is 3. The molecule has 46 heavy (non-hydrogen) atoms. The Morgan fingerprint density at radius 2 is 1.52 bits per heavy atom. The van der Waals surface area contributed by atoms with E-state index in [9.17, 15) is 14.7 Å². The van der Waals surface area contributed by atoms with Gasteiger partial charge in [-0.3, -0.25) is 14.5 Å². The van der Waals surface area contributed by atoms with Gasteiger partial charge in [0, 0.05) is 51.0 Å². The molecular formula is C37H46N2O7. The number of hydrogen-bond acceptors (Lipinski definition) is 7. The van der Waals surface area contributed by atoms with Crippen LogP contribution in [-0.4, -0.2) is 65.9 Å². The molecule has 9 heteroatoms. The molecule has 246 valence electrons. The lowest BCUT2D eigenvalue weighted by molar-refractivity contribution is -0.253. The Labute approximate surface area is 271 Å². The second kappa shape index (κ2) is 17.4. The highest BCUT2D eigenvalue weighted by molar-refractivity contribution is 5.76. The number of nitrogens with zero attached hydrogens (tertiary/aromatic N) is 1. The van der Waals surface area contributed by atoms with E-state index in [2.05, 4.69) is 40.5 Å². The van der Waals surface area contributed by atoms with Gasteiger partial charge in [0.05, 0.1) is 32.0 Å². The predicted molar refractivity (Wildman–Crippen MR) is 175 cm³/mol. The summed E-state index contributed by atoms with van der Waals surface area (Å²) in [6, 6.07) is 24.3. The van der Waals surface area contributed by atoms with E-state index >= 15 is 0 Å². The fourth-order valence-electron chi connectivity index (χ4n) is 6.08. The van der Waals surface area contributed by atoms with Crippen LogP contribution in [-0.2, 0) is 37.0 Å². The molecule has 3 aromatic carbocycles. The topological polar surface area (TPSA) is 118 Å². The summed E-state index contributed by atoms with van der Waals surface area (Å²) in [6.45, 7) is 4.52. The van der Waals surface area contributed by atoms with Gasteiger partial charge in [0.25, 0.3) is 0 Å². The van der Waals surface area contributed by atoms with Crippen LogP contribution in [0.25, 0.3) is 11.1 Å². The zero-order chi connectivity index (χ0) is 32.1. The summed E-state index contributed by atoms with van der Waals surface area (Å²) in [5, 5.41) is 21.3. The standard InChI is InChI=1S/C37H46N2O7/c40-26-27-11-13-29(14-12-27)34-23-32(25-39-19-21-44-22-20-39)45-37(46-34)30-17-15-28(16-18-30)33-8-6-5-7-31(33)24-38-35(41)9-3-1-2-4-10-36(42)43/h5-8,11-18,32,34,37,40H,1-4,9-10,19-26H2,(H,38,41)(H,42,43). The molecule has 0 aromatic heterocycles. The van der Waals surface area contributed by atoms with Crippen LogP contribution in [0.3, 0.4) is 0 Å². The van der Waals surface area contributed by atoms with Crippen molar-refractivity contribution in [3.63, 3.8) is 0 Å². The second-order valence-corrected chi connectivity index (χ2v) is 12.1. The van der Waals surface area contributed by atoms with Gasteiger partial charge in [-0.15, -0.1) is 0 Å². The lowest BCUT2D eigenvalue weighted by Crippen LogP contribution is -2.44. The first kappa shape index (κ1) is 33.8. The van der Waals surface area contributed by atoms with Crippen LogP contribution in [0.15, 0.2) is 72.8 Å². The highest BCUT2D eigenvalue weighted by Gasteiger charge is 2.33. The average molecular weight is 631 g/mol. The number of unbranched alkanes of at least 4 members (excludes halogenated alkanes) is 3. The van der Waals surface area contributed by atoms with E-state index in [0.29, 0.717) is 19.4 Å². The van der Waals surface area contributed by atoms with Crippen molar-refractivity contribution in [3.8, 4) is 11.1 Å². The van der Waals surface area contributed by atoms with E-state index in [-0.39, 0.29) is 31.1 Å². The van der Waals surface area contributed by atoms with Crippen molar-refractivity contribution in [2.75, 3.05) is 32.8 Å². The van der Waals surface area contributed by atoms with Crippen LogP contribution in [0.5, 0.6) is 0 Å². The Morgan fingerprint density at radius 3 is 2.24 bits per heavy atom. The predicted octanol–water partition coefficient (Wildman–Crippen LogP) is 5.76. The van der Waals surface area contributed by atoms with Gasteiger partial charge >= 0.3 is 5.97 Å². The molecule has 0 aliphatic carbocycles. The van der Waals surface area contributed by atoms with Crippen molar-refractivity contribution in [1.82, 2.24) is 10.2 Å². The molecule has 3 N–H and O–H groups in total. The number of carbonyl (C=O) groups is 2. The normalized spacial score (nSPS) is 20.3. The number of aliphatic hydroxyl groups excluding tert-OH is 1. The maximum absolute atomic E-state index is 12.5. The number of morpholine rings is 1. The first-order chi connectivity index (χ1) is 22.5. The first-order valence-corrected chi connectivity index (χ1v) is 16.5. The van der Waals surface area contributed by atoms with E-state index < -0.39 is 12.3 Å². The molecule has 1 amide bonds. The number of rotatable bonds is 15. The van der Waals surface area contributed by atoms with Gasteiger partial charge in [0.2, 0.25) is 5.91 Å². The third kappa shape index (κ3) is 9.95. The summed E-state index contributed by atoms with van der Waals surface area (Å²) in [5.41, 5.74) is 6.03. The van der Waals surface area contributed by atoms with Crippen LogP contribution in [0.1, 0.15) is 79.6 Å². The Bertz CT molecular complexity index is 1390. The summed E-state index contributed by atoms with van der Waals surface area (Å²) in [5.74, 6) is -0.771. The molecule has 0 bridgehead atoms. The zero-order valence-corrected chi connectivity index (χ0v) is 26.4. The van der Waals surface area contributed by atoms with Gasteiger partial charge in [-0.2, -0.15) is 0 Å². The summed E-state index contributed by atoms with van der Waals surface area (Å²) in [4.78, 5) is 25.5. The number of carboxylic acid groups (broad SMARTS) is 1. The SMILES string of the molecule is O=C(O)CCCCCCC(=O)NCc1ccccc1-c1ccc(C2OC(CN3CCOCC3)CC(c3ccc(CO)cc3)O2)cc1. The average Bonchev–Trinajstić information content (AvgIpc) is 3.09. The molecule has 2 saturated heterocycles. The highest BCUT2D eigenvalue weighted by atomic mass is 16.7. The van der Waals surface area contributed by atoms with Crippen LogP contribution < -0.4 is 5.32 Å². The van der Waals surface area contributed by atoms with E-state index in [1.807, 2.05) is 42.5 Å². The third-order valence-corrected chi connectivity index (χ3v) is 8.71. The van der Waals surface area contributed by atoms with Crippen LogP contribution in [0.4, 0.5) is 0 Å². The molecule has 2 aliphatic rings. The van der Waals surface area contributed by atoms with Crippen molar-refractivity contribution < 1.29 is 34.0 Å². The molecule has 0 saturated carbocycles. The molecule has 3 aromatic rings. The molecule has 9 nitrogen and oxygen atoms in total. The Balaban J connectivity index is 1.22. The van der Waals surface area contributed by atoms with Crippen LogP contribution >= 0.6 is 0 Å². The number of nitrogens with one attached hydrogen (secondary N) is 1. The van der Waals surface area contributed by atoms with Crippen molar-refractivity contribution in [3.05, 3.63) is 95.1 Å². The summed E-state index contributed by atoms with van der Waals surface area (Å²) in [7, 11) is 0. The summed E-state index contributed by atoms with van der Waals surface area (Å²) >= 11 is 0. The Hall–Kier alpha value is -3.60. The number of amides is 1.